The Morgan fingerprint density at radius 3 is 2.58 bits per heavy atom. The predicted molar refractivity (Wildman–Crippen MR) is 83.6 cm³/mol. The van der Waals surface area contributed by atoms with Crippen molar-refractivity contribution >= 4 is 5.97 Å². The Morgan fingerprint density at radius 1 is 1.17 bits per heavy atom. The van der Waals surface area contributed by atoms with Crippen LogP contribution in [0.4, 0.5) is 0 Å². The van der Waals surface area contributed by atoms with Gasteiger partial charge in [0.05, 0.1) is 11.8 Å². The van der Waals surface area contributed by atoms with E-state index in [9.17, 15) is 4.79 Å². The Morgan fingerprint density at radius 2 is 1.96 bits per heavy atom. The lowest BCUT2D eigenvalue weighted by Crippen LogP contribution is -2.09. The summed E-state index contributed by atoms with van der Waals surface area (Å²) in [6.45, 7) is 3.37. The summed E-state index contributed by atoms with van der Waals surface area (Å²) in [4.78, 5) is 20.2. The highest BCUT2D eigenvalue weighted by molar-refractivity contribution is 5.89. The Kier molecular flexibility index (Phi) is 4.51. The van der Waals surface area contributed by atoms with Crippen molar-refractivity contribution in [2.24, 2.45) is 0 Å². The van der Waals surface area contributed by atoms with E-state index in [-0.39, 0.29) is 5.89 Å². The Bertz CT molecular complexity index is 815. The molecule has 0 radical (unpaired) electrons. The van der Waals surface area contributed by atoms with Gasteiger partial charge in [0.15, 0.2) is 11.9 Å². The van der Waals surface area contributed by atoms with Gasteiger partial charge in [0, 0.05) is 6.20 Å². The van der Waals surface area contributed by atoms with Crippen molar-refractivity contribution in [2.45, 2.75) is 20.0 Å². The van der Waals surface area contributed by atoms with E-state index in [2.05, 4.69) is 15.1 Å². The molecule has 24 heavy (non-hydrogen) atoms. The van der Waals surface area contributed by atoms with Crippen molar-refractivity contribution in [1.82, 2.24) is 15.1 Å². The van der Waals surface area contributed by atoms with Crippen molar-refractivity contribution in [1.29, 1.82) is 0 Å². The Labute approximate surface area is 138 Å². The number of nitrogens with zero attached hydrogens (tertiary/aromatic N) is 3. The fourth-order valence-corrected chi connectivity index (χ4v) is 1.96. The first-order valence-electron chi connectivity index (χ1n) is 7.31. The second-order valence-electron chi connectivity index (χ2n) is 5.04. The molecule has 0 aliphatic carbocycles. The molecule has 2 aromatic heterocycles. The molecule has 0 saturated carbocycles. The summed E-state index contributed by atoms with van der Waals surface area (Å²) < 4.78 is 15.9. The number of aromatic nitrogens is 3. The van der Waals surface area contributed by atoms with E-state index in [0.717, 1.165) is 0 Å². The molecule has 1 aromatic carbocycles. The van der Waals surface area contributed by atoms with Gasteiger partial charge in [0.2, 0.25) is 0 Å². The van der Waals surface area contributed by atoms with Gasteiger partial charge in [-0.3, -0.25) is 4.98 Å². The molecule has 0 spiro atoms. The van der Waals surface area contributed by atoms with Crippen molar-refractivity contribution in [2.75, 3.05) is 0 Å². The molecule has 0 N–H and O–H groups in total. The van der Waals surface area contributed by atoms with Crippen LogP contribution < -0.4 is 4.74 Å². The van der Waals surface area contributed by atoms with Gasteiger partial charge in [-0.2, -0.15) is 4.98 Å². The maximum atomic E-state index is 12.1. The number of pyridine rings is 1. The summed E-state index contributed by atoms with van der Waals surface area (Å²) in [5, 5.41) is 3.67. The lowest BCUT2D eigenvalue weighted by molar-refractivity contribution is 0.0265. The average molecular weight is 325 g/mol. The maximum Gasteiger partial charge on any atom is 0.338 e. The fourth-order valence-electron chi connectivity index (χ4n) is 1.96. The van der Waals surface area contributed by atoms with E-state index in [1.807, 2.05) is 0 Å². The first-order valence-corrected chi connectivity index (χ1v) is 7.31. The van der Waals surface area contributed by atoms with Crippen LogP contribution in [-0.2, 0) is 4.74 Å². The van der Waals surface area contributed by atoms with Crippen LogP contribution in [0.15, 0.2) is 53.3 Å². The third-order valence-electron chi connectivity index (χ3n) is 3.13. The van der Waals surface area contributed by atoms with Gasteiger partial charge in [0.1, 0.15) is 11.5 Å². The summed E-state index contributed by atoms with van der Waals surface area (Å²) in [6, 6.07) is 10.2. The molecule has 7 heteroatoms. The molecule has 7 nitrogen and oxygen atoms in total. The van der Waals surface area contributed by atoms with Gasteiger partial charge in [-0.15, -0.1) is 0 Å². The molecule has 122 valence electrons. The third kappa shape index (κ3) is 3.75. The summed E-state index contributed by atoms with van der Waals surface area (Å²) in [5.74, 6) is 1.49. The first-order chi connectivity index (χ1) is 11.6. The summed E-state index contributed by atoms with van der Waals surface area (Å²) >= 11 is 0. The van der Waals surface area contributed by atoms with Gasteiger partial charge in [-0.1, -0.05) is 5.16 Å². The Balaban J connectivity index is 1.63. The number of esters is 1. The van der Waals surface area contributed by atoms with E-state index in [4.69, 9.17) is 14.0 Å². The maximum absolute atomic E-state index is 12.1. The minimum Gasteiger partial charge on any atom is -0.456 e. The molecule has 0 aliphatic heterocycles. The molecule has 0 fully saturated rings. The first kappa shape index (κ1) is 15.7. The van der Waals surface area contributed by atoms with Crippen LogP contribution >= 0.6 is 0 Å². The summed E-state index contributed by atoms with van der Waals surface area (Å²) in [6.07, 6.45) is 2.65. The molecular formula is C17H15N3O4. The fraction of sp³-hybridized carbons (Fsp3) is 0.176. The molecule has 1 atom stereocenters. The monoisotopic (exact) mass is 325 g/mol. The number of hydrogen-bond donors (Lipinski definition) is 0. The zero-order chi connectivity index (χ0) is 16.9. The van der Waals surface area contributed by atoms with Crippen LogP contribution in [0.25, 0.3) is 0 Å². The van der Waals surface area contributed by atoms with Gasteiger partial charge < -0.3 is 14.0 Å². The standard InChI is InChI=1S/C17H15N3O4/c1-11(16-19-12(2)20-24-16)22-17(21)13-5-7-14(8-6-13)23-15-4-3-9-18-10-15/h3-11H,1-2H3. The second kappa shape index (κ2) is 6.91. The SMILES string of the molecule is Cc1noc(C(C)OC(=O)c2ccc(Oc3cccnc3)cc2)n1. The van der Waals surface area contributed by atoms with Gasteiger partial charge in [0.25, 0.3) is 5.89 Å². The van der Waals surface area contributed by atoms with Crippen LogP contribution in [-0.4, -0.2) is 21.1 Å². The van der Waals surface area contributed by atoms with Crippen molar-refractivity contribution in [3.63, 3.8) is 0 Å². The molecule has 2 heterocycles. The zero-order valence-electron chi connectivity index (χ0n) is 13.2. The highest BCUT2D eigenvalue weighted by Gasteiger charge is 2.18. The number of hydrogen-bond acceptors (Lipinski definition) is 7. The second-order valence-corrected chi connectivity index (χ2v) is 5.04. The lowest BCUT2D eigenvalue weighted by atomic mass is 10.2. The topological polar surface area (TPSA) is 87.3 Å². The molecule has 0 saturated heterocycles. The largest absolute Gasteiger partial charge is 0.456 e. The lowest BCUT2D eigenvalue weighted by Gasteiger charge is -2.10. The number of carbonyl (C=O) groups is 1. The predicted octanol–water partition coefficient (Wildman–Crippen LogP) is 3.48. The van der Waals surface area contributed by atoms with Crippen molar-refractivity contribution < 1.29 is 18.8 Å². The van der Waals surface area contributed by atoms with E-state index in [0.29, 0.717) is 22.9 Å². The third-order valence-corrected chi connectivity index (χ3v) is 3.13. The zero-order valence-corrected chi connectivity index (χ0v) is 13.2. The van der Waals surface area contributed by atoms with Crippen LogP contribution in [0.1, 0.15) is 35.1 Å². The highest BCUT2D eigenvalue weighted by Crippen LogP contribution is 2.22. The summed E-state index contributed by atoms with van der Waals surface area (Å²) in [5.41, 5.74) is 0.400. The quantitative estimate of drug-likeness (QED) is 0.663. The molecule has 3 aromatic rings. The van der Waals surface area contributed by atoms with Gasteiger partial charge in [-0.05, 0) is 50.2 Å². The molecule has 3 rings (SSSR count). The Hall–Kier alpha value is -3.22. The molecule has 0 aliphatic rings. The molecule has 0 bridgehead atoms. The van der Waals surface area contributed by atoms with E-state index in [1.54, 1.807) is 62.6 Å². The van der Waals surface area contributed by atoms with Gasteiger partial charge in [-0.25, -0.2) is 4.79 Å². The van der Waals surface area contributed by atoms with Crippen LogP contribution in [0, 0.1) is 6.92 Å². The van der Waals surface area contributed by atoms with Crippen LogP contribution in [0.5, 0.6) is 11.5 Å². The van der Waals surface area contributed by atoms with Crippen molar-refractivity contribution in [3.8, 4) is 11.5 Å². The minimum atomic E-state index is -0.620. The normalized spacial score (nSPS) is 11.8. The molecular weight excluding hydrogens is 310 g/mol. The molecule has 0 amide bonds. The summed E-state index contributed by atoms with van der Waals surface area (Å²) in [7, 11) is 0. The minimum absolute atomic E-state index is 0.261. The van der Waals surface area contributed by atoms with E-state index in [1.165, 1.54) is 0 Å². The van der Waals surface area contributed by atoms with E-state index >= 15 is 0 Å². The number of ether oxygens (including phenoxy) is 2. The van der Waals surface area contributed by atoms with Crippen LogP contribution in [0.2, 0.25) is 0 Å². The van der Waals surface area contributed by atoms with Crippen molar-refractivity contribution in [3.05, 3.63) is 66.1 Å². The number of benzene rings is 1. The number of aryl methyl sites for hydroxylation is 1. The smallest absolute Gasteiger partial charge is 0.338 e. The highest BCUT2D eigenvalue weighted by atomic mass is 16.6. The van der Waals surface area contributed by atoms with Crippen LogP contribution in [0.3, 0.4) is 0 Å². The molecule has 1 unspecified atom stereocenters. The van der Waals surface area contributed by atoms with Gasteiger partial charge >= 0.3 is 5.97 Å². The number of rotatable bonds is 5. The average Bonchev–Trinajstić information content (AvgIpc) is 3.03. The van der Waals surface area contributed by atoms with E-state index < -0.39 is 12.1 Å². The number of carbonyl (C=O) groups excluding carboxylic acids is 1.